The zero-order valence-electron chi connectivity index (χ0n) is 13.5. The zero-order chi connectivity index (χ0) is 16.3. The number of methoxy groups -OCH3 is 1. The summed E-state index contributed by atoms with van der Waals surface area (Å²) in [5.74, 6) is -0.226. The number of aryl methyl sites for hydroxylation is 1. The molecular formula is C17H22N2O3. The lowest BCUT2D eigenvalue weighted by atomic mass is 10.1. The molecule has 0 aromatic carbocycles. The fourth-order valence-corrected chi connectivity index (χ4v) is 2.64. The summed E-state index contributed by atoms with van der Waals surface area (Å²) in [7, 11) is 1.39. The third-order valence-electron chi connectivity index (χ3n) is 4.13. The summed E-state index contributed by atoms with van der Waals surface area (Å²) in [6.07, 6.45) is 5.58. The van der Waals surface area contributed by atoms with Crippen LogP contribution in [0.1, 0.15) is 43.5 Å². The molecule has 1 amide bonds. The molecule has 0 unspecified atom stereocenters. The number of hydrogen-bond donors (Lipinski definition) is 2. The minimum Gasteiger partial charge on any atom is -0.469 e. The fraction of sp³-hybridized carbons (Fsp3) is 0.412. The Morgan fingerprint density at radius 3 is 2.68 bits per heavy atom. The molecular weight excluding hydrogens is 280 g/mol. The van der Waals surface area contributed by atoms with Crippen LogP contribution in [0.15, 0.2) is 23.0 Å². The van der Waals surface area contributed by atoms with Crippen molar-refractivity contribution in [3.8, 4) is 0 Å². The van der Waals surface area contributed by atoms with Gasteiger partial charge in [0.25, 0.3) is 5.91 Å². The van der Waals surface area contributed by atoms with Gasteiger partial charge in [-0.2, -0.15) is 0 Å². The second-order valence-electron chi connectivity index (χ2n) is 5.40. The molecule has 5 heteroatoms. The Kier molecular flexibility index (Phi) is 4.85. The van der Waals surface area contributed by atoms with Crippen LogP contribution < -0.4 is 5.32 Å². The number of hydrogen-bond acceptors (Lipinski definition) is 3. The van der Waals surface area contributed by atoms with E-state index in [1.165, 1.54) is 7.11 Å². The van der Waals surface area contributed by atoms with Gasteiger partial charge < -0.3 is 15.0 Å². The summed E-state index contributed by atoms with van der Waals surface area (Å²) in [4.78, 5) is 26.3. The minimum atomic E-state index is -0.213. The van der Waals surface area contributed by atoms with Crippen LogP contribution in [-0.2, 0) is 20.7 Å². The Morgan fingerprint density at radius 1 is 1.36 bits per heavy atom. The lowest BCUT2D eigenvalue weighted by Gasteiger charge is -2.02. The first kappa shape index (κ1) is 16.1. The third-order valence-corrected chi connectivity index (χ3v) is 4.13. The molecule has 1 aromatic rings. The molecule has 0 radical (unpaired) electrons. The van der Waals surface area contributed by atoms with Crippen molar-refractivity contribution in [2.45, 2.75) is 40.0 Å². The molecule has 0 spiro atoms. The number of aromatic nitrogens is 1. The molecule has 0 saturated heterocycles. The molecule has 1 aromatic heterocycles. The Morgan fingerprint density at radius 2 is 2.09 bits per heavy atom. The molecule has 2 rings (SSSR count). The van der Waals surface area contributed by atoms with E-state index in [4.69, 9.17) is 0 Å². The van der Waals surface area contributed by atoms with Gasteiger partial charge in [-0.25, -0.2) is 0 Å². The number of ether oxygens (including phenoxy) is 1. The van der Waals surface area contributed by atoms with Crippen LogP contribution in [0.4, 0.5) is 0 Å². The van der Waals surface area contributed by atoms with Gasteiger partial charge in [0, 0.05) is 29.6 Å². The van der Waals surface area contributed by atoms with E-state index in [1.807, 2.05) is 33.0 Å². The molecule has 1 aliphatic rings. The monoisotopic (exact) mass is 302 g/mol. The van der Waals surface area contributed by atoms with Crippen molar-refractivity contribution in [2.24, 2.45) is 0 Å². The normalized spacial score (nSPS) is 16.4. The molecule has 0 bridgehead atoms. The van der Waals surface area contributed by atoms with Crippen molar-refractivity contribution in [3.63, 3.8) is 0 Å². The molecule has 22 heavy (non-hydrogen) atoms. The summed E-state index contributed by atoms with van der Waals surface area (Å²) in [5.41, 5.74) is 5.79. The van der Waals surface area contributed by atoms with Crippen LogP contribution in [0.5, 0.6) is 0 Å². The number of nitrogens with one attached hydrogen (secondary N) is 2. The molecule has 0 fully saturated rings. The van der Waals surface area contributed by atoms with E-state index in [0.717, 1.165) is 40.1 Å². The van der Waals surface area contributed by atoms with Gasteiger partial charge in [0.2, 0.25) is 0 Å². The van der Waals surface area contributed by atoms with Gasteiger partial charge in [-0.05, 0) is 49.5 Å². The van der Waals surface area contributed by atoms with E-state index in [-0.39, 0.29) is 11.9 Å². The summed E-state index contributed by atoms with van der Waals surface area (Å²) in [6, 6.07) is 0. The third kappa shape index (κ3) is 3.13. The van der Waals surface area contributed by atoms with E-state index >= 15 is 0 Å². The molecule has 2 N–H and O–H groups in total. The van der Waals surface area contributed by atoms with Crippen LogP contribution in [-0.4, -0.2) is 24.0 Å². The van der Waals surface area contributed by atoms with Crippen LogP contribution in [0.3, 0.4) is 0 Å². The van der Waals surface area contributed by atoms with Crippen LogP contribution in [0.25, 0.3) is 6.08 Å². The molecule has 0 aliphatic carbocycles. The standard InChI is InChI=1S/C17H22N2O3/c1-5-13-11(3)15(19-17(13)21)8-14-10(2)12(9-18-14)6-7-16(20)22-4/h8-9,18H,5-7H2,1-4H3,(H,19,21)/b15-8+. The highest BCUT2D eigenvalue weighted by molar-refractivity contribution is 6.01. The largest absolute Gasteiger partial charge is 0.469 e. The maximum Gasteiger partial charge on any atom is 0.305 e. The van der Waals surface area contributed by atoms with Gasteiger partial charge in [0.05, 0.1) is 7.11 Å². The van der Waals surface area contributed by atoms with Crippen molar-refractivity contribution in [1.29, 1.82) is 0 Å². The van der Waals surface area contributed by atoms with Gasteiger partial charge in [-0.1, -0.05) is 6.92 Å². The fourth-order valence-electron chi connectivity index (χ4n) is 2.64. The molecule has 2 heterocycles. The lowest BCUT2D eigenvalue weighted by Crippen LogP contribution is -2.16. The van der Waals surface area contributed by atoms with Crippen molar-refractivity contribution in [3.05, 3.63) is 39.9 Å². The Balaban J connectivity index is 2.20. The topological polar surface area (TPSA) is 71.2 Å². The number of carbonyl (C=O) groups excluding carboxylic acids is 2. The SMILES string of the molecule is CCC1=C(C)/C(=C\c2[nH]cc(CCC(=O)OC)c2C)NC1=O. The summed E-state index contributed by atoms with van der Waals surface area (Å²) >= 11 is 0. The highest BCUT2D eigenvalue weighted by Crippen LogP contribution is 2.25. The minimum absolute atomic E-state index is 0.0126. The Bertz CT molecular complexity index is 665. The van der Waals surface area contributed by atoms with Gasteiger partial charge in [-0.15, -0.1) is 0 Å². The van der Waals surface area contributed by atoms with E-state index in [1.54, 1.807) is 0 Å². The first-order chi connectivity index (χ1) is 10.5. The average Bonchev–Trinajstić information content (AvgIpc) is 2.98. The van der Waals surface area contributed by atoms with E-state index in [9.17, 15) is 9.59 Å². The van der Waals surface area contributed by atoms with Crippen molar-refractivity contribution >= 4 is 18.0 Å². The molecule has 0 atom stereocenters. The van der Waals surface area contributed by atoms with Crippen molar-refractivity contribution < 1.29 is 14.3 Å². The number of carbonyl (C=O) groups is 2. The summed E-state index contributed by atoms with van der Waals surface area (Å²) in [5, 5.41) is 2.90. The van der Waals surface area contributed by atoms with Gasteiger partial charge in [-0.3, -0.25) is 9.59 Å². The number of esters is 1. The van der Waals surface area contributed by atoms with Crippen LogP contribution in [0, 0.1) is 6.92 Å². The number of amides is 1. The van der Waals surface area contributed by atoms with Gasteiger partial charge >= 0.3 is 5.97 Å². The zero-order valence-corrected chi connectivity index (χ0v) is 13.5. The Labute approximate surface area is 130 Å². The first-order valence-corrected chi connectivity index (χ1v) is 7.44. The summed E-state index contributed by atoms with van der Waals surface area (Å²) < 4.78 is 4.66. The second kappa shape index (κ2) is 6.64. The van der Waals surface area contributed by atoms with Crippen LogP contribution in [0.2, 0.25) is 0 Å². The number of rotatable bonds is 5. The van der Waals surface area contributed by atoms with Crippen LogP contribution >= 0.6 is 0 Å². The maximum atomic E-state index is 11.8. The van der Waals surface area contributed by atoms with Gasteiger partial charge in [0.15, 0.2) is 0 Å². The van der Waals surface area contributed by atoms with E-state index in [0.29, 0.717) is 12.8 Å². The maximum absolute atomic E-state index is 11.8. The molecule has 1 aliphatic heterocycles. The van der Waals surface area contributed by atoms with Crippen molar-refractivity contribution in [2.75, 3.05) is 7.11 Å². The predicted octanol–water partition coefficient (Wildman–Crippen LogP) is 2.63. The van der Waals surface area contributed by atoms with E-state index < -0.39 is 0 Å². The predicted molar refractivity (Wildman–Crippen MR) is 85.0 cm³/mol. The molecule has 5 nitrogen and oxygen atoms in total. The van der Waals surface area contributed by atoms with E-state index in [2.05, 4.69) is 15.0 Å². The number of allylic oxidation sites excluding steroid dienone is 1. The molecule has 118 valence electrons. The highest BCUT2D eigenvalue weighted by atomic mass is 16.5. The second-order valence-corrected chi connectivity index (χ2v) is 5.40. The Hall–Kier alpha value is -2.30. The quantitative estimate of drug-likeness (QED) is 0.821. The lowest BCUT2D eigenvalue weighted by molar-refractivity contribution is -0.140. The number of aromatic amines is 1. The highest BCUT2D eigenvalue weighted by Gasteiger charge is 2.22. The van der Waals surface area contributed by atoms with Crippen molar-refractivity contribution in [1.82, 2.24) is 10.3 Å². The number of H-pyrrole nitrogens is 1. The first-order valence-electron chi connectivity index (χ1n) is 7.44. The smallest absolute Gasteiger partial charge is 0.305 e. The summed E-state index contributed by atoms with van der Waals surface area (Å²) in [6.45, 7) is 5.94. The average molecular weight is 302 g/mol. The molecule has 0 saturated carbocycles. The van der Waals surface area contributed by atoms with Gasteiger partial charge in [0.1, 0.15) is 0 Å².